The summed E-state index contributed by atoms with van der Waals surface area (Å²) >= 11 is 0. The average Bonchev–Trinajstić information content (AvgIpc) is 2.38. The number of phenols is 1. The maximum atomic E-state index is 13.5. The first-order valence-electron chi connectivity index (χ1n) is 5.74. The van der Waals surface area contributed by atoms with Gasteiger partial charge in [0.15, 0.2) is 0 Å². The van der Waals surface area contributed by atoms with E-state index in [0.717, 1.165) is 6.07 Å². The van der Waals surface area contributed by atoms with E-state index >= 15 is 0 Å². The summed E-state index contributed by atoms with van der Waals surface area (Å²) in [6.45, 7) is 1.70. The van der Waals surface area contributed by atoms with Crippen LogP contribution in [0.5, 0.6) is 5.75 Å². The fourth-order valence-corrected chi connectivity index (χ4v) is 1.63. The summed E-state index contributed by atoms with van der Waals surface area (Å²) in [5.74, 6) is -2.71. The number of aromatic hydroxyl groups is 1. The van der Waals surface area contributed by atoms with Gasteiger partial charge in [0.1, 0.15) is 17.4 Å². The molecule has 104 valence electrons. The Bertz CT molecular complexity index is 687. The van der Waals surface area contributed by atoms with Crippen molar-refractivity contribution in [1.29, 1.82) is 0 Å². The molecular weight excluding hydrogens is 266 g/mol. The molecule has 0 fully saturated rings. The third kappa shape index (κ3) is 2.69. The molecule has 20 heavy (non-hydrogen) atoms. The quantitative estimate of drug-likeness (QED) is 0.739. The second kappa shape index (κ2) is 5.16. The lowest BCUT2D eigenvalue weighted by Crippen LogP contribution is -2.14. The summed E-state index contributed by atoms with van der Waals surface area (Å²) in [5, 5.41) is 11.9. The fraction of sp³-hybridized carbons (Fsp3) is 0.0714. The Labute approximate surface area is 113 Å². The number of nitrogens with one attached hydrogen (secondary N) is 1. The number of carbonyl (C=O) groups is 1. The summed E-state index contributed by atoms with van der Waals surface area (Å²) in [5.41, 5.74) is 5.55. The zero-order valence-electron chi connectivity index (χ0n) is 10.6. The van der Waals surface area contributed by atoms with Gasteiger partial charge in [0, 0.05) is 17.8 Å². The summed E-state index contributed by atoms with van der Waals surface area (Å²) in [6, 6.07) is 5.96. The Morgan fingerprint density at radius 1 is 1.20 bits per heavy atom. The van der Waals surface area contributed by atoms with Crippen LogP contribution >= 0.6 is 0 Å². The maximum absolute atomic E-state index is 13.5. The van der Waals surface area contributed by atoms with E-state index in [1.54, 1.807) is 19.1 Å². The van der Waals surface area contributed by atoms with Crippen molar-refractivity contribution >= 4 is 17.3 Å². The molecule has 0 radical (unpaired) electrons. The normalized spacial score (nSPS) is 10.3. The van der Waals surface area contributed by atoms with Crippen molar-refractivity contribution in [3.05, 3.63) is 53.1 Å². The van der Waals surface area contributed by atoms with Gasteiger partial charge in [0.2, 0.25) is 0 Å². The van der Waals surface area contributed by atoms with Gasteiger partial charge in [-0.3, -0.25) is 4.79 Å². The molecule has 2 aromatic carbocycles. The minimum atomic E-state index is -1.01. The van der Waals surface area contributed by atoms with Gasteiger partial charge in [-0.2, -0.15) is 0 Å². The highest BCUT2D eigenvalue weighted by Gasteiger charge is 2.15. The van der Waals surface area contributed by atoms with Gasteiger partial charge in [-0.05, 0) is 24.6 Å². The number of rotatable bonds is 2. The van der Waals surface area contributed by atoms with E-state index in [1.807, 2.05) is 0 Å². The Morgan fingerprint density at radius 2 is 1.90 bits per heavy atom. The molecular formula is C14H12F2N2O2. The number of phenolic OH excluding ortho intramolecular Hbond substituents is 1. The molecule has 0 saturated carbocycles. The zero-order valence-corrected chi connectivity index (χ0v) is 10.6. The first-order chi connectivity index (χ1) is 9.38. The van der Waals surface area contributed by atoms with Crippen LogP contribution in [0, 0.1) is 18.6 Å². The lowest BCUT2D eigenvalue weighted by Gasteiger charge is -2.08. The molecule has 0 aliphatic carbocycles. The molecule has 6 heteroatoms. The lowest BCUT2D eigenvalue weighted by molar-refractivity contribution is 0.102. The highest BCUT2D eigenvalue weighted by molar-refractivity contribution is 6.05. The molecule has 2 rings (SSSR count). The number of nitrogens with two attached hydrogens (primary N) is 1. The van der Waals surface area contributed by atoms with Crippen LogP contribution in [0.25, 0.3) is 0 Å². The predicted octanol–water partition coefficient (Wildman–Crippen LogP) is 2.81. The van der Waals surface area contributed by atoms with Crippen LogP contribution in [-0.2, 0) is 0 Å². The number of anilines is 2. The van der Waals surface area contributed by atoms with Crippen molar-refractivity contribution in [2.24, 2.45) is 0 Å². The number of carbonyl (C=O) groups excluding carboxylic acids is 1. The molecule has 0 aromatic heterocycles. The summed E-state index contributed by atoms with van der Waals surface area (Å²) in [7, 11) is 0. The van der Waals surface area contributed by atoms with Gasteiger partial charge in [-0.15, -0.1) is 0 Å². The van der Waals surface area contributed by atoms with Gasteiger partial charge >= 0.3 is 0 Å². The van der Waals surface area contributed by atoms with Gasteiger partial charge in [0.05, 0.1) is 11.3 Å². The third-order valence-corrected chi connectivity index (χ3v) is 2.80. The third-order valence-electron chi connectivity index (χ3n) is 2.80. The van der Waals surface area contributed by atoms with Crippen LogP contribution < -0.4 is 11.1 Å². The largest absolute Gasteiger partial charge is 0.508 e. The summed E-state index contributed by atoms with van der Waals surface area (Å²) in [6.07, 6.45) is 0. The van der Waals surface area contributed by atoms with Crippen LogP contribution in [0.1, 0.15) is 15.9 Å². The monoisotopic (exact) mass is 278 g/mol. The van der Waals surface area contributed by atoms with Crippen molar-refractivity contribution in [2.75, 3.05) is 11.1 Å². The van der Waals surface area contributed by atoms with Gasteiger partial charge in [-0.25, -0.2) is 8.78 Å². The van der Waals surface area contributed by atoms with E-state index in [-0.39, 0.29) is 17.0 Å². The Hall–Kier alpha value is -2.63. The van der Waals surface area contributed by atoms with Crippen molar-refractivity contribution < 1.29 is 18.7 Å². The maximum Gasteiger partial charge on any atom is 0.258 e. The summed E-state index contributed by atoms with van der Waals surface area (Å²) in [4.78, 5) is 11.9. The predicted molar refractivity (Wildman–Crippen MR) is 71.6 cm³/mol. The molecule has 0 atom stereocenters. The number of amides is 1. The molecule has 0 aliphatic rings. The average molecular weight is 278 g/mol. The second-order valence-corrected chi connectivity index (χ2v) is 4.31. The Morgan fingerprint density at radius 3 is 2.55 bits per heavy atom. The van der Waals surface area contributed by atoms with E-state index in [4.69, 9.17) is 5.73 Å². The number of hydrogen-bond acceptors (Lipinski definition) is 3. The van der Waals surface area contributed by atoms with Crippen LogP contribution in [0.15, 0.2) is 30.3 Å². The van der Waals surface area contributed by atoms with Crippen molar-refractivity contribution in [3.8, 4) is 5.75 Å². The van der Waals surface area contributed by atoms with Gasteiger partial charge in [0.25, 0.3) is 5.91 Å². The molecule has 0 bridgehead atoms. The molecule has 4 N–H and O–H groups in total. The first kappa shape index (κ1) is 13.8. The van der Waals surface area contributed by atoms with Gasteiger partial charge < -0.3 is 16.2 Å². The second-order valence-electron chi connectivity index (χ2n) is 4.31. The lowest BCUT2D eigenvalue weighted by atomic mass is 10.1. The topological polar surface area (TPSA) is 75.4 Å². The molecule has 2 aromatic rings. The van der Waals surface area contributed by atoms with E-state index in [2.05, 4.69) is 5.32 Å². The number of hydrogen-bond donors (Lipinski definition) is 3. The number of aryl methyl sites for hydroxylation is 1. The van der Waals surface area contributed by atoms with E-state index in [1.165, 1.54) is 6.07 Å². The molecule has 4 nitrogen and oxygen atoms in total. The van der Waals surface area contributed by atoms with Crippen LogP contribution in [0.3, 0.4) is 0 Å². The molecule has 0 heterocycles. The Balaban J connectivity index is 2.28. The standard InChI is InChI=1S/C14H12F2N2O2/c1-7-2-3-8(4-13(7)19)18-14(20)9-5-12(17)11(16)6-10(9)15/h2-6,19H,17H2,1H3,(H,18,20). The van der Waals surface area contributed by atoms with Gasteiger partial charge in [-0.1, -0.05) is 6.07 Å². The minimum Gasteiger partial charge on any atom is -0.508 e. The highest BCUT2D eigenvalue weighted by Crippen LogP contribution is 2.22. The molecule has 0 aliphatic heterocycles. The first-order valence-corrected chi connectivity index (χ1v) is 5.74. The smallest absolute Gasteiger partial charge is 0.258 e. The van der Waals surface area contributed by atoms with Crippen LogP contribution in [0.2, 0.25) is 0 Å². The van der Waals surface area contributed by atoms with E-state index in [9.17, 15) is 18.7 Å². The van der Waals surface area contributed by atoms with Crippen molar-refractivity contribution in [1.82, 2.24) is 0 Å². The minimum absolute atomic E-state index is 0.00175. The molecule has 0 spiro atoms. The number of nitrogen functional groups attached to an aromatic ring is 1. The zero-order chi connectivity index (χ0) is 14.9. The van der Waals surface area contributed by atoms with Crippen LogP contribution in [0.4, 0.5) is 20.2 Å². The highest BCUT2D eigenvalue weighted by atomic mass is 19.1. The fourth-order valence-electron chi connectivity index (χ4n) is 1.63. The van der Waals surface area contributed by atoms with E-state index < -0.39 is 17.5 Å². The van der Waals surface area contributed by atoms with Crippen molar-refractivity contribution in [3.63, 3.8) is 0 Å². The summed E-state index contributed by atoms with van der Waals surface area (Å²) < 4.78 is 26.5. The molecule has 0 saturated heterocycles. The SMILES string of the molecule is Cc1ccc(NC(=O)c2cc(N)c(F)cc2F)cc1O. The number of benzene rings is 2. The van der Waals surface area contributed by atoms with Crippen molar-refractivity contribution in [2.45, 2.75) is 6.92 Å². The number of halogens is 2. The van der Waals surface area contributed by atoms with Crippen LogP contribution in [-0.4, -0.2) is 11.0 Å². The Kier molecular flexibility index (Phi) is 3.56. The van der Waals surface area contributed by atoms with E-state index in [0.29, 0.717) is 17.3 Å². The molecule has 1 amide bonds. The molecule has 0 unspecified atom stereocenters.